The number of amides is 1. The highest BCUT2D eigenvalue weighted by Crippen LogP contribution is 2.24. The third-order valence-electron chi connectivity index (χ3n) is 2.79. The second kappa shape index (κ2) is 7.85. The molecule has 110 valence electrons. The van der Waals surface area contributed by atoms with Gasteiger partial charge >= 0.3 is 0 Å². The zero-order valence-electron chi connectivity index (χ0n) is 11.6. The Bertz CT molecular complexity index is 599. The molecule has 0 unspecified atom stereocenters. The summed E-state index contributed by atoms with van der Waals surface area (Å²) in [6.07, 6.45) is 5.02. The molecule has 0 saturated heterocycles. The van der Waals surface area contributed by atoms with E-state index in [-0.39, 0.29) is 5.91 Å². The van der Waals surface area contributed by atoms with Gasteiger partial charge in [-0.2, -0.15) is 0 Å². The van der Waals surface area contributed by atoms with Gasteiger partial charge in [-0.25, -0.2) is 0 Å². The van der Waals surface area contributed by atoms with Crippen molar-refractivity contribution in [3.8, 4) is 0 Å². The molecule has 0 spiro atoms. The zero-order chi connectivity index (χ0) is 15.1. The molecule has 0 aromatic carbocycles. The molecule has 2 aromatic rings. The molecule has 2 rings (SSSR count). The Kier molecular flexibility index (Phi) is 5.83. The predicted molar refractivity (Wildman–Crippen MR) is 89.3 cm³/mol. The number of pyridine rings is 1. The van der Waals surface area contributed by atoms with E-state index < -0.39 is 0 Å². The Morgan fingerprint density at radius 2 is 2.38 bits per heavy atom. The van der Waals surface area contributed by atoms with Crippen molar-refractivity contribution in [2.75, 3.05) is 18.0 Å². The molecule has 0 saturated carbocycles. The first kappa shape index (κ1) is 15.6. The molecule has 2 aromatic heterocycles. The molecule has 0 aliphatic rings. The number of thiophene rings is 1. The van der Waals surface area contributed by atoms with Crippen molar-refractivity contribution in [2.24, 2.45) is 0 Å². The van der Waals surface area contributed by atoms with Crippen LogP contribution in [-0.4, -0.2) is 28.1 Å². The quantitative estimate of drug-likeness (QED) is 0.629. The number of nitrogen functional groups attached to an aromatic ring is 1. The fourth-order valence-corrected chi connectivity index (χ4v) is 3.31. The number of rotatable bonds is 7. The Balaban J connectivity index is 1.95. The van der Waals surface area contributed by atoms with Crippen LogP contribution < -0.4 is 5.73 Å². The number of carbonyl (C=O) groups excluding carboxylic acids is 1. The van der Waals surface area contributed by atoms with E-state index >= 15 is 0 Å². The van der Waals surface area contributed by atoms with E-state index in [1.54, 1.807) is 34.7 Å². The Hall–Kier alpha value is -1.79. The van der Waals surface area contributed by atoms with Gasteiger partial charge in [-0.3, -0.25) is 9.78 Å². The normalized spacial score (nSPS) is 10.3. The molecule has 0 aliphatic carbocycles. The van der Waals surface area contributed by atoms with Crippen molar-refractivity contribution in [1.82, 2.24) is 9.88 Å². The first-order valence-corrected chi connectivity index (χ1v) is 8.30. The summed E-state index contributed by atoms with van der Waals surface area (Å²) in [5.74, 6) is 0.428. The van der Waals surface area contributed by atoms with Crippen molar-refractivity contribution in [1.29, 1.82) is 0 Å². The maximum absolute atomic E-state index is 12.3. The van der Waals surface area contributed by atoms with Gasteiger partial charge in [0, 0.05) is 22.5 Å². The molecule has 2 N–H and O–H groups in total. The molecule has 6 heteroatoms. The molecular weight excluding hydrogens is 302 g/mol. The van der Waals surface area contributed by atoms with Gasteiger partial charge < -0.3 is 10.6 Å². The average molecular weight is 319 g/mol. The number of carbonyl (C=O) groups is 1. The smallest absolute Gasteiger partial charge is 0.233 e. The zero-order valence-corrected chi connectivity index (χ0v) is 13.2. The van der Waals surface area contributed by atoms with E-state index in [4.69, 9.17) is 5.73 Å². The first-order chi connectivity index (χ1) is 10.2. The van der Waals surface area contributed by atoms with Gasteiger partial charge in [0.05, 0.1) is 24.2 Å². The largest absolute Gasteiger partial charge is 0.397 e. The fourth-order valence-electron chi connectivity index (χ4n) is 1.76. The van der Waals surface area contributed by atoms with Gasteiger partial charge in [-0.05, 0) is 17.5 Å². The molecule has 21 heavy (non-hydrogen) atoms. The van der Waals surface area contributed by atoms with Crippen molar-refractivity contribution < 1.29 is 4.79 Å². The van der Waals surface area contributed by atoms with E-state index in [1.165, 1.54) is 16.6 Å². The number of nitrogens with two attached hydrogens (primary N) is 1. The Labute approximate surface area is 132 Å². The van der Waals surface area contributed by atoms with Gasteiger partial charge in [-0.1, -0.05) is 12.1 Å². The van der Waals surface area contributed by atoms with E-state index in [9.17, 15) is 4.79 Å². The monoisotopic (exact) mass is 319 g/mol. The number of thioether (sulfide) groups is 1. The van der Waals surface area contributed by atoms with Crippen LogP contribution in [0.25, 0.3) is 0 Å². The Morgan fingerprint density at radius 3 is 3.05 bits per heavy atom. The molecule has 0 aliphatic heterocycles. The summed E-state index contributed by atoms with van der Waals surface area (Å²) < 4.78 is 0. The van der Waals surface area contributed by atoms with Crippen molar-refractivity contribution in [3.05, 3.63) is 53.5 Å². The minimum absolute atomic E-state index is 0.0736. The highest BCUT2D eigenvalue weighted by atomic mass is 32.2. The van der Waals surface area contributed by atoms with E-state index in [2.05, 4.69) is 11.6 Å². The van der Waals surface area contributed by atoms with Crippen LogP contribution in [0, 0.1) is 0 Å². The molecule has 0 fully saturated rings. The maximum atomic E-state index is 12.3. The molecular formula is C15H17N3OS2. The van der Waals surface area contributed by atoms with Gasteiger partial charge in [0.1, 0.15) is 0 Å². The van der Waals surface area contributed by atoms with Gasteiger partial charge in [0.25, 0.3) is 0 Å². The minimum atomic E-state index is 0.0736. The highest BCUT2D eigenvalue weighted by molar-refractivity contribution is 8.00. The average Bonchev–Trinajstić information content (AvgIpc) is 2.99. The maximum Gasteiger partial charge on any atom is 0.233 e. The van der Waals surface area contributed by atoms with Crippen molar-refractivity contribution >= 4 is 34.7 Å². The van der Waals surface area contributed by atoms with Crippen LogP contribution in [-0.2, 0) is 11.3 Å². The van der Waals surface area contributed by atoms with Crippen LogP contribution in [0.3, 0.4) is 0 Å². The fraction of sp³-hybridized carbons (Fsp3) is 0.200. The van der Waals surface area contributed by atoms with E-state index in [0.29, 0.717) is 24.5 Å². The lowest BCUT2D eigenvalue weighted by molar-refractivity contribution is -0.128. The third kappa shape index (κ3) is 4.61. The van der Waals surface area contributed by atoms with Gasteiger partial charge in [-0.15, -0.1) is 29.7 Å². The topological polar surface area (TPSA) is 59.2 Å². The van der Waals surface area contributed by atoms with Crippen molar-refractivity contribution in [2.45, 2.75) is 11.4 Å². The third-order valence-corrected chi connectivity index (χ3v) is 4.73. The highest BCUT2D eigenvalue weighted by Gasteiger charge is 2.14. The lowest BCUT2D eigenvalue weighted by Gasteiger charge is -2.20. The SMILES string of the molecule is C=CCN(Cc1cccs1)C(=O)CSc1ccncc1N. The number of hydrogen-bond acceptors (Lipinski definition) is 5. The Morgan fingerprint density at radius 1 is 1.52 bits per heavy atom. The van der Waals surface area contributed by atoms with Crippen LogP contribution in [0.1, 0.15) is 4.88 Å². The predicted octanol–water partition coefficient (Wildman–Crippen LogP) is 3.03. The molecule has 2 heterocycles. The van der Waals surface area contributed by atoms with Crippen LogP contribution in [0.15, 0.2) is 53.5 Å². The number of hydrogen-bond donors (Lipinski definition) is 1. The summed E-state index contributed by atoms with van der Waals surface area (Å²) in [4.78, 5) is 20.1. The van der Waals surface area contributed by atoms with Gasteiger partial charge in [0.2, 0.25) is 5.91 Å². The number of nitrogens with zero attached hydrogens (tertiary/aromatic N) is 2. The van der Waals surface area contributed by atoms with Crippen LogP contribution in [0.2, 0.25) is 0 Å². The van der Waals surface area contributed by atoms with Crippen LogP contribution in [0.5, 0.6) is 0 Å². The summed E-state index contributed by atoms with van der Waals surface area (Å²) in [5, 5.41) is 2.01. The molecule has 4 nitrogen and oxygen atoms in total. The standard InChI is InChI=1S/C15H17N3OS2/c1-2-7-18(10-12-4-3-8-20-12)15(19)11-21-14-5-6-17-9-13(14)16/h2-6,8-9H,1,7,10-11,16H2. The summed E-state index contributed by atoms with van der Waals surface area (Å²) >= 11 is 3.08. The van der Waals surface area contributed by atoms with Gasteiger partial charge in [0.15, 0.2) is 0 Å². The summed E-state index contributed by atoms with van der Waals surface area (Å²) in [6.45, 7) is 4.88. The second-order valence-corrected chi connectivity index (χ2v) is 6.39. The molecule has 1 amide bonds. The minimum Gasteiger partial charge on any atom is -0.397 e. The number of aromatic nitrogens is 1. The summed E-state index contributed by atoms with van der Waals surface area (Å²) in [5.41, 5.74) is 6.43. The first-order valence-electron chi connectivity index (χ1n) is 6.44. The lowest BCUT2D eigenvalue weighted by Crippen LogP contribution is -2.31. The lowest BCUT2D eigenvalue weighted by atomic mass is 10.4. The molecule has 0 radical (unpaired) electrons. The van der Waals surface area contributed by atoms with Crippen LogP contribution >= 0.6 is 23.1 Å². The second-order valence-electron chi connectivity index (χ2n) is 4.34. The molecule has 0 bridgehead atoms. The summed E-state index contributed by atoms with van der Waals surface area (Å²) in [7, 11) is 0. The van der Waals surface area contributed by atoms with Crippen LogP contribution in [0.4, 0.5) is 5.69 Å². The number of anilines is 1. The molecule has 0 atom stereocenters. The van der Waals surface area contributed by atoms with E-state index in [0.717, 1.165) is 4.90 Å². The van der Waals surface area contributed by atoms with Crippen molar-refractivity contribution in [3.63, 3.8) is 0 Å². The summed E-state index contributed by atoms with van der Waals surface area (Å²) in [6, 6.07) is 5.84. The van der Waals surface area contributed by atoms with E-state index in [1.807, 2.05) is 23.6 Å².